The molecule has 1 heterocycles. The lowest BCUT2D eigenvalue weighted by atomic mass is 10.0. The Hall–Kier alpha value is -1.55. The van der Waals surface area contributed by atoms with Gasteiger partial charge in [0.25, 0.3) is 5.91 Å². The van der Waals surface area contributed by atoms with Crippen LogP contribution in [0.3, 0.4) is 0 Å². The van der Waals surface area contributed by atoms with Crippen molar-refractivity contribution in [2.75, 3.05) is 13.1 Å². The van der Waals surface area contributed by atoms with Gasteiger partial charge in [-0.1, -0.05) is 18.6 Å². The van der Waals surface area contributed by atoms with Crippen LogP contribution in [0.2, 0.25) is 0 Å². The molecule has 2 N–H and O–H groups in total. The summed E-state index contributed by atoms with van der Waals surface area (Å²) in [6.07, 6.45) is 3.54. The second-order valence-electron chi connectivity index (χ2n) is 5.72. The Morgan fingerprint density at radius 2 is 2.15 bits per heavy atom. The normalized spacial score (nSPS) is 19.1. The molecular formula is C16H24N2O2. The average Bonchev–Trinajstić information content (AvgIpc) is 2.45. The molecule has 0 bridgehead atoms. The van der Waals surface area contributed by atoms with E-state index in [1.807, 2.05) is 18.7 Å². The van der Waals surface area contributed by atoms with Crippen molar-refractivity contribution >= 4 is 5.91 Å². The highest BCUT2D eigenvalue weighted by Gasteiger charge is 2.25. The van der Waals surface area contributed by atoms with Crippen LogP contribution in [0.1, 0.15) is 43.5 Å². The van der Waals surface area contributed by atoms with E-state index in [1.54, 1.807) is 24.3 Å². The number of nitrogens with zero attached hydrogens (tertiary/aromatic N) is 1. The van der Waals surface area contributed by atoms with Gasteiger partial charge >= 0.3 is 0 Å². The number of hydrogen-bond donors (Lipinski definition) is 2. The molecule has 2 rings (SSSR count). The van der Waals surface area contributed by atoms with Gasteiger partial charge in [-0.05, 0) is 45.4 Å². The van der Waals surface area contributed by atoms with Gasteiger partial charge in [0.05, 0.1) is 5.56 Å². The highest BCUT2D eigenvalue weighted by atomic mass is 16.3. The van der Waals surface area contributed by atoms with Gasteiger partial charge in [0.15, 0.2) is 0 Å². The summed E-state index contributed by atoms with van der Waals surface area (Å²) in [6, 6.07) is 7.23. The number of hydrogen-bond acceptors (Lipinski definition) is 3. The summed E-state index contributed by atoms with van der Waals surface area (Å²) in [4.78, 5) is 14.5. The Morgan fingerprint density at radius 1 is 1.40 bits per heavy atom. The smallest absolute Gasteiger partial charge is 0.257 e. The van der Waals surface area contributed by atoms with Crippen LogP contribution in [0.4, 0.5) is 0 Å². The molecule has 0 radical (unpaired) electrons. The number of piperidine rings is 1. The Bertz CT molecular complexity index is 454. The number of carbonyl (C=O) groups is 1. The van der Waals surface area contributed by atoms with Crippen LogP contribution < -0.4 is 5.32 Å². The van der Waals surface area contributed by atoms with E-state index in [0.717, 1.165) is 13.0 Å². The molecule has 0 aromatic heterocycles. The third kappa shape index (κ3) is 3.51. The molecule has 1 saturated heterocycles. The number of amides is 1. The van der Waals surface area contributed by atoms with Gasteiger partial charge in [-0.3, -0.25) is 4.79 Å². The van der Waals surface area contributed by atoms with Crippen LogP contribution in [0.5, 0.6) is 5.75 Å². The van der Waals surface area contributed by atoms with E-state index >= 15 is 0 Å². The van der Waals surface area contributed by atoms with E-state index in [2.05, 4.69) is 5.32 Å². The maximum absolute atomic E-state index is 12.6. The summed E-state index contributed by atoms with van der Waals surface area (Å²) in [6.45, 7) is 5.76. The van der Waals surface area contributed by atoms with Crippen molar-refractivity contribution in [1.29, 1.82) is 0 Å². The van der Waals surface area contributed by atoms with Gasteiger partial charge in [-0.2, -0.15) is 0 Å². The lowest BCUT2D eigenvalue weighted by Crippen LogP contribution is -2.48. The van der Waals surface area contributed by atoms with Crippen molar-refractivity contribution in [2.45, 2.75) is 45.2 Å². The fraction of sp³-hybridized carbons (Fsp3) is 0.562. The average molecular weight is 276 g/mol. The number of phenols is 1. The quantitative estimate of drug-likeness (QED) is 0.888. The first-order valence-electron chi connectivity index (χ1n) is 7.42. The first-order valence-corrected chi connectivity index (χ1v) is 7.42. The van der Waals surface area contributed by atoms with Crippen molar-refractivity contribution in [2.24, 2.45) is 0 Å². The first kappa shape index (κ1) is 14.9. The summed E-state index contributed by atoms with van der Waals surface area (Å²) >= 11 is 0. The van der Waals surface area contributed by atoms with Gasteiger partial charge in [0.2, 0.25) is 0 Å². The third-order valence-electron chi connectivity index (χ3n) is 3.85. The maximum atomic E-state index is 12.6. The van der Waals surface area contributed by atoms with Crippen LogP contribution in [-0.4, -0.2) is 41.1 Å². The van der Waals surface area contributed by atoms with Crippen molar-refractivity contribution in [3.63, 3.8) is 0 Å². The molecule has 1 aliphatic heterocycles. The number of nitrogens with one attached hydrogen (secondary N) is 1. The number of phenolic OH excluding ortho intramolecular Hbond substituents is 1. The molecule has 1 unspecified atom stereocenters. The minimum atomic E-state index is -0.0922. The van der Waals surface area contributed by atoms with E-state index in [0.29, 0.717) is 18.2 Å². The predicted octanol–water partition coefficient (Wildman–Crippen LogP) is 2.38. The van der Waals surface area contributed by atoms with Crippen LogP contribution in [-0.2, 0) is 0 Å². The zero-order valence-corrected chi connectivity index (χ0v) is 12.3. The second-order valence-corrected chi connectivity index (χ2v) is 5.72. The van der Waals surface area contributed by atoms with Gasteiger partial charge < -0.3 is 15.3 Å². The summed E-state index contributed by atoms with van der Waals surface area (Å²) < 4.78 is 0. The van der Waals surface area contributed by atoms with Crippen LogP contribution in [0.25, 0.3) is 0 Å². The monoisotopic (exact) mass is 276 g/mol. The molecule has 0 aliphatic carbocycles. The Kier molecular flexibility index (Phi) is 5.01. The second kappa shape index (κ2) is 6.75. The largest absolute Gasteiger partial charge is 0.507 e. The Labute approximate surface area is 120 Å². The molecule has 1 aromatic carbocycles. The molecule has 1 aromatic rings. The highest BCUT2D eigenvalue weighted by Crippen LogP contribution is 2.20. The molecule has 0 spiro atoms. The Balaban J connectivity index is 2.11. The molecule has 20 heavy (non-hydrogen) atoms. The SMILES string of the molecule is CC(C)N(CC1CCCCN1)C(=O)c1ccccc1O. The summed E-state index contributed by atoms with van der Waals surface area (Å²) in [5, 5.41) is 13.3. The zero-order valence-electron chi connectivity index (χ0n) is 12.3. The highest BCUT2D eigenvalue weighted by molar-refractivity contribution is 5.97. The number of para-hydroxylation sites is 1. The third-order valence-corrected chi connectivity index (χ3v) is 3.85. The molecule has 1 fully saturated rings. The number of rotatable bonds is 4. The van der Waals surface area contributed by atoms with Gasteiger partial charge in [0, 0.05) is 18.6 Å². The minimum Gasteiger partial charge on any atom is -0.507 e. The number of aromatic hydroxyl groups is 1. The predicted molar refractivity (Wildman–Crippen MR) is 79.9 cm³/mol. The van der Waals surface area contributed by atoms with Crippen LogP contribution >= 0.6 is 0 Å². The van der Waals surface area contributed by atoms with Gasteiger partial charge in [-0.25, -0.2) is 0 Å². The summed E-state index contributed by atoms with van der Waals surface area (Å²) in [5.41, 5.74) is 0.386. The minimum absolute atomic E-state index is 0.0553. The zero-order chi connectivity index (χ0) is 14.5. The van der Waals surface area contributed by atoms with Crippen molar-refractivity contribution in [1.82, 2.24) is 10.2 Å². The maximum Gasteiger partial charge on any atom is 0.257 e. The molecule has 1 aliphatic rings. The fourth-order valence-electron chi connectivity index (χ4n) is 2.65. The Morgan fingerprint density at radius 3 is 2.75 bits per heavy atom. The van der Waals surface area contributed by atoms with Crippen LogP contribution in [0, 0.1) is 0 Å². The summed E-state index contributed by atoms with van der Waals surface area (Å²) in [7, 11) is 0. The molecular weight excluding hydrogens is 252 g/mol. The molecule has 4 nitrogen and oxygen atoms in total. The van der Waals surface area contributed by atoms with E-state index in [9.17, 15) is 9.90 Å². The molecule has 0 saturated carbocycles. The fourth-order valence-corrected chi connectivity index (χ4v) is 2.65. The van der Waals surface area contributed by atoms with E-state index in [1.165, 1.54) is 12.8 Å². The molecule has 110 valence electrons. The standard InChI is InChI=1S/C16H24N2O2/c1-12(2)18(11-13-7-5-6-10-17-13)16(20)14-8-3-4-9-15(14)19/h3-4,8-9,12-13,17,19H,5-7,10-11H2,1-2H3. The summed E-state index contributed by atoms with van der Waals surface area (Å²) in [5.74, 6) is -0.0368. The van der Waals surface area contributed by atoms with Gasteiger partial charge in [0.1, 0.15) is 5.75 Å². The number of carbonyl (C=O) groups excluding carboxylic acids is 1. The van der Waals surface area contributed by atoms with Crippen molar-refractivity contribution < 1.29 is 9.90 Å². The molecule has 4 heteroatoms. The van der Waals surface area contributed by atoms with Crippen molar-refractivity contribution in [3.8, 4) is 5.75 Å². The lowest BCUT2D eigenvalue weighted by molar-refractivity contribution is 0.0674. The van der Waals surface area contributed by atoms with E-state index in [4.69, 9.17) is 0 Å². The molecule has 1 atom stereocenters. The van der Waals surface area contributed by atoms with Crippen molar-refractivity contribution in [3.05, 3.63) is 29.8 Å². The number of benzene rings is 1. The van der Waals surface area contributed by atoms with Gasteiger partial charge in [-0.15, -0.1) is 0 Å². The van der Waals surface area contributed by atoms with E-state index in [-0.39, 0.29) is 17.7 Å². The first-order chi connectivity index (χ1) is 9.59. The topological polar surface area (TPSA) is 52.6 Å². The molecule has 1 amide bonds. The van der Waals surface area contributed by atoms with Crippen LogP contribution in [0.15, 0.2) is 24.3 Å². The lowest BCUT2D eigenvalue weighted by Gasteiger charge is -2.33. The van der Waals surface area contributed by atoms with E-state index < -0.39 is 0 Å².